The number of thiocarbonyl (C=S) groups is 2. The average molecular weight is 410 g/mol. The molecule has 0 spiro atoms. The number of benzene rings is 2. The SMILES string of the molecule is O=[N+]([O-])c1ccc(NC(=S)NNC(=S)NCCc2ccc(Cl)cc2)cc1. The van der Waals surface area contributed by atoms with Crippen LogP contribution < -0.4 is 21.5 Å². The Labute approximate surface area is 166 Å². The molecule has 0 saturated heterocycles. The lowest BCUT2D eigenvalue weighted by atomic mass is 10.1. The molecule has 10 heteroatoms. The topological polar surface area (TPSA) is 91.3 Å². The summed E-state index contributed by atoms with van der Waals surface area (Å²) in [6.07, 6.45) is 0.796. The van der Waals surface area contributed by atoms with Crippen molar-refractivity contribution in [3.05, 3.63) is 69.2 Å². The van der Waals surface area contributed by atoms with Crippen molar-refractivity contribution in [2.75, 3.05) is 11.9 Å². The molecule has 2 rings (SSSR count). The molecule has 136 valence electrons. The highest BCUT2D eigenvalue weighted by Gasteiger charge is 2.05. The molecule has 0 bridgehead atoms. The summed E-state index contributed by atoms with van der Waals surface area (Å²) >= 11 is 16.1. The monoisotopic (exact) mass is 409 g/mol. The normalized spacial score (nSPS) is 9.88. The van der Waals surface area contributed by atoms with E-state index in [9.17, 15) is 10.1 Å². The van der Waals surface area contributed by atoms with E-state index in [1.54, 1.807) is 12.1 Å². The molecule has 2 aromatic rings. The van der Waals surface area contributed by atoms with E-state index in [0.717, 1.165) is 12.0 Å². The zero-order valence-electron chi connectivity index (χ0n) is 13.5. The minimum absolute atomic E-state index is 0.0126. The smallest absolute Gasteiger partial charge is 0.269 e. The van der Waals surface area contributed by atoms with Crippen molar-refractivity contribution >= 4 is 57.6 Å². The van der Waals surface area contributed by atoms with Gasteiger partial charge in [0, 0.05) is 29.4 Å². The summed E-state index contributed by atoms with van der Waals surface area (Å²) in [6.45, 7) is 0.650. The van der Waals surface area contributed by atoms with Crippen LogP contribution in [0.1, 0.15) is 5.56 Å². The van der Waals surface area contributed by atoms with Crippen LogP contribution in [0.5, 0.6) is 0 Å². The van der Waals surface area contributed by atoms with Gasteiger partial charge in [0.15, 0.2) is 10.2 Å². The molecule has 0 aromatic heterocycles. The molecule has 0 aliphatic rings. The van der Waals surface area contributed by atoms with Gasteiger partial charge in [0.25, 0.3) is 5.69 Å². The third-order valence-corrected chi connectivity index (χ3v) is 3.94. The Morgan fingerprint density at radius 1 is 1.00 bits per heavy atom. The van der Waals surface area contributed by atoms with E-state index in [-0.39, 0.29) is 10.8 Å². The first kappa shape index (κ1) is 19.8. The maximum absolute atomic E-state index is 10.6. The maximum atomic E-state index is 10.6. The Morgan fingerprint density at radius 3 is 2.23 bits per heavy atom. The molecular formula is C16H16ClN5O2S2. The number of nitrogens with zero attached hydrogens (tertiary/aromatic N) is 1. The Morgan fingerprint density at radius 2 is 1.62 bits per heavy atom. The van der Waals surface area contributed by atoms with Gasteiger partial charge in [-0.05, 0) is 60.7 Å². The van der Waals surface area contributed by atoms with Gasteiger partial charge in [-0.3, -0.25) is 21.0 Å². The number of halogens is 1. The van der Waals surface area contributed by atoms with Crippen LogP contribution in [0, 0.1) is 10.1 Å². The van der Waals surface area contributed by atoms with Gasteiger partial charge in [-0.2, -0.15) is 0 Å². The molecule has 0 fully saturated rings. The standard InChI is InChI=1S/C16H16ClN5O2S2/c17-12-3-1-11(2-4-12)9-10-18-15(25)20-21-16(26)19-13-5-7-14(8-6-13)22(23)24/h1-8H,9-10H2,(H2,18,20,25)(H2,19,21,26). The second-order valence-electron chi connectivity index (χ2n) is 5.14. The minimum atomic E-state index is -0.462. The van der Waals surface area contributed by atoms with Crippen molar-refractivity contribution < 1.29 is 4.92 Å². The van der Waals surface area contributed by atoms with E-state index in [1.165, 1.54) is 12.1 Å². The second kappa shape index (κ2) is 9.85. The highest BCUT2D eigenvalue weighted by Crippen LogP contribution is 2.15. The highest BCUT2D eigenvalue weighted by molar-refractivity contribution is 7.80. The van der Waals surface area contributed by atoms with Gasteiger partial charge in [0.2, 0.25) is 0 Å². The summed E-state index contributed by atoms with van der Waals surface area (Å²) in [5, 5.41) is 17.9. The van der Waals surface area contributed by atoms with Crippen LogP contribution >= 0.6 is 36.0 Å². The van der Waals surface area contributed by atoms with Crippen LogP contribution in [0.4, 0.5) is 11.4 Å². The summed E-state index contributed by atoms with van der Waals surface area (Å²) in [7, 11) is 0. The lowest BCUT2D eigenvalue weighted by Gasteiger charge is -2.14. The third kappa shape index (κ3) is 6.79. The maximum Gasteiger partial charge on any atom is 0.269 e. The predicted molar refractivity (Wildman–Crippen MR) is 111 cm³/mol. The minimum Gasteiger partial charge on any atom is -0.361 e. The summed E-state index contributed by atoms with van der Waals surface area (Å²) in [4.78, 5) is 10.2. The Balaban J connectivity index is 1.67. The molecule has 0 saturated carbocycles. The largest absolute Gasteiger partial charge is 0.361 e. The predicted octanol–water partition coefficient (Wildman–Crippen LogP) is 3.16. The lowest BCUT2D eigenvalue weighted by Crippen LogP contribution is -2.48. The first-order valence-electron chi connectivity index (χ1n) is 7.54. The van der Waals surface area contributed by atoms with Gasteiger partial charge < -0.3 is 10.6 Å². The summed E-state index contributed by atoms with van der Waals surface area (Å²) < 4.78 is 0. The summed E-state index contributed by atoms with van der Waals surface area (Å²) in [5.41, 5.74) is 7.29. The Kier molecular flexibility index (Phi) is 7.52. The summed E-state index contributed by atoms with van der Waals surface area (Å²) in [6, 6.07) is 13.5. The van der Waals surface area contributed by atoms with Crippen LogP contribution in [-0.4, -0.2) is 21.7 Å². The van der Waals surface area contributed by atoms with Crippen LogP contribution in [0.2, 0.25) is 5.02 Å². The lowest BCUT2D eigenvalue weighted by molar-refractivity contribution is -0.384. The number of hydrazine groups is 1. The van der Waals surface area contributed by atoms with E-state index in [2.05, 4.69) is 21.5 Å². The molecule has 2 aromatic carbocycles. The number of hydrogen-bond donors (Lipinski definition) is 4. The van der Waals surface area contributed by atoms with Crippen LogP contribution in [0.3, 0.4) is 0 Å². The number of non-ortho nitro benzene ring substituents is 1. The molecule has 0 amide bonds. The fraction of sp³-hybridized carbons (Fsp3) is 0.125. The molecule has 4 N–H and O–H groups in total. The zero-order valence-corrected chi connectivity index (χ0v) is 15.9. The third-order valence-electron chi connectivity index (χ3n) is 3.24. The second-order valence-corrected chi connectivity index (χ2v) is 6.39. The Hall–Kier alpha value is -2.49. The molecule has 0 heterocycles. The van der Waals surface area contributed by atoms with Crippen molar-refractivity contribution in [1.82, 2.24) is 16.2 Å². The van der Waals surface area contributed by atoms with Crippen molar-refractivity contribution in [2.45, 2.75) is 6.42 Å². The number of nitrogens with one attached hydrogen (secondary N) is 4. The van der Waals surface area contributed by atoms with E-state index in [0.29, 0.717) is 22.4 Å². The molecule has 0 unspecified atom stereocenters. The first-order chi connectivity index (χ1) is 12.4. The molecule has 0 aliphatic heterocycles. The van der Waals surface area contributed by atoms with Gasteiger partial charge in [-0.15, -0.1) is 0 Å². The van der Waals surface area contributed by atoms with Gasteiger partial charge in [0.05, 0.1) is 4.92 Å². The van der Waals surface area contributed by atoms with Gasteiger partial charge in [-0.1, -0.05) is 23.7 Å². The van der Waals surface area contributed by atoms with E-state index < -0.39 is 4.92 Å². The fourth-order valence-corrected chi connectivity index (χ4v) is 2.41. The van der Waals surface area contributed by atoms with Gasteiger partial charge >= 0.3 is 0 Å². The van der Waals surface area contributed by atoms with E-state index >= 15 is 0 Å². The van der Waals surface area contributed by atoms with Crippen molar-refractivity contribution in [3.63, 3.8) is 0 Å². The quantitative estimate of drug-likeness (QED) is 0.340. The fourth-order valence-electron chi connectivity index (χ4n) is 1.96. The molecule has 0 radical (unpaired) electrons. The first-order valence-corrected chi connectivity index (χ1v) is 8.73. The number of nitro benzene ring substituents is 1. The van der Waals surface area contributed by atoms with Crippen molar-refractivity contribution in [1.29, 1.82) is 0 Å². The van der Waals surface area contributed by atoms with Crippen LogP contribution in [0.25, 0.3) is 0 Å². The number of hydrogen-bond acceptors (Lipinski definition) is 4. The van der Waals surface area contributed by atoms with Crippen molar-refractivity contribution in [3.8, 4) is 0 Å². The van der Waals surface area contributed by atoms with Gasteiger partial charge in [-0.25, -0.2) is 0 Å². The van der Waals surface area contributed by atoms with Crippen LogP contribution in [-0.2, 0) is 6.42 Å². The molecule has 7 nitrogen and oxygen atoms in total. The highest BCUT2D eigenvalue weighted by atomic mass is 35.5. The molecule has 26 heavy (non-hydrogen) atoms. The summed E-state index contributed by atoms with van der Waals surface area (Å²) in [5.74, 6) is 0. The molecule has 0 atom stereocenters. The van der Waals surface area contributed by atoms with E-state index in [4.69, 9.17) is 36.0 Å². The molecule has 0 aliphatic carbocycles. The van der Waals surface area contributed by atoms with E-state index in [1.807, 2.05) is 24.3 Å². The Bertz CT molecular complexity index is 784. The molecular weight excluding hydrogens is 394 g/mol. The number of rotatable bonds is 5. The average Bonchev–Trinajstić information content (AvgIpc) is 2.62. The number of anilines is 1. The van der Waals surface area contributed by atoms with Gasteiger partial charge in [0.1, 0.15) is 0 Å². The van der Waals surface area contributed by atoms with Crippen LogP contribution in [0.15, 0.2) is 48.5 Å². The number of nitro groups is 1. The zero-order chi connectivity index (χ0) is 18.9. The van der Waals surface area contributed by atoms with Crippen molar-refractivity contribution in [2.24, 2.45) is 0 Å².